The van der Waals surface area contributed by atoms with Crippen LogP contribution in [0.3, 0.4) is 0 Å². The van der Waals surface area contributed by atoms with E-state index in [0.717, 1.165) is 28.8 Å². The van der Waals surface area contributed by atoms with Crippen LogP contribution in [0.15, 0.2) is 18.2 Å². The SMILES string of the molecule is Cc1ccc(Cl)cc1C1CCN([C@H]2C[C@H]3CC[C@H]2C3)CC1. The molecule has 2 heteroatoms. The summed E-state index contributed by atoms with van der Waals surface area (Å²) in [6.45, 7) is 4.82. The number of hydrogen-bond acceptors (Lipinski definition) is 1. The summed E-state index contributed by atoms with van der Waals surface area (Å²) in [6.07, 6.45) is 8.66. The van der Waals surface area contributed by atoms with E-state index < -0.39 is 0 Å². The van der Waals surface area contributed by atoms with Gasteiger partial charge in [-0.2, -0.15) is 0 Å². The lowest BCUT2D eigenvalue weighted by Crippen LogP contribution is -2.43. The van der Waals surface area contributed by atoms with Gasteiger partial charge in [-0.1, -0.05) is 24.1 Å². The van der Waals surface area contributed by atoms with Crippen LogP contribution in [-0.2, 0) is 0 Å². The van der Waals surface area contributed by atoms with Crippen molar-refractivity contribution >= 4 is 11.6 Å². The molecule has 1 nitrogen and oxygen atoms in total. The fourth-order valence-corrected chi connectivity index (χ4v) is 5.43. The van der Waals surface area contributed by atoms with E-state index in [1.54, 1.807) is 0 Å². The normalized spacial score (nSPS) is 33.7. The number of fused-ring (bicyclic) bond motifs is 2. The van der Waals surface area contributed by atoms with Gasteiger partial charge in [0.2, 0.25) is 0 Å². The Morgan fingerprint density at radius 3 is 2.52 bits per heavy atom. The maximum Gasteiger partial charge on any atom is 0.0409 e. The zero-order valence-electron chi connectivity index (χ0n) is 13.0. The highest BCUT2D eigenvalue weighted by atomic mass is 35.5. The number of piperidine rings is 1. The fraction of sp³-hybridized carbons (Fsp3) is 0.684. The van der Waals surface area contributed by atoms with Crippen LogP contribution in [0.4, 0.5) is 0 Å². The third kappa shape index (κ3) is 2.64. The van der Waals surface area contributed by atoms with Crippen molar-refractivity contribution in [2.75, 3.05) is 13.1 Å². The molecule has 4 rings (SSSR count). The van der Waals surface area contributed by atoms with Gasteiger partial charge in [-0.25, -0.2) is 0 Å². The molecule has 2 aliphatic carbocycles. The molecule has 2 saturated carbocycles. The monoisotopic (exact) mass is 303 g/mol. The second-order valence-electron chi connectivity index (χ2n) is 7.55. The molecular weight excluding hydrogens is 278 g/mol. The molecule has 0 unspecified atom stereocenters. The van der Waals surface area contributed by atoms with Gasteiger partial charge in [0.15, 0.2) is 0 Å². The van der Waals surface area contributed by atoms with Gasteiger partial charge in [0.05, 0.1) is 0 Å². The smallest absolute Gasteiger partial charge is 0.0409 e. The topological polar surface area (TPSA) is 3.24 Å². The van der Waals surface area contributed by atoms with E-state index in [-0.39, 0.29) is 0 Å². The minimum Gasteiger partial charge on any atom is -0.300 e. The summed E-state index contributed by atoms with van der Waals surface area (Å²) >= 11 is 6.20. The molecular formula is C19H26ClN. The van der Waals surface area contributed by atoms with Crippen molar-refractivity contribution < 1.29 is 0 Å². The summed E-state index contributed by atoms with van der Waals surface area (Å²) < 4.78 is 0. The minimum absolute atomic E-state index is 0.721. The molecule has 3 fully saturated rings. The summed E-state index contributed by atoms with van der Waals surface area (Å²) in [7, 11) is 0. The molecule has 2 bridgehead atoms. The van der Waals surface area contributed by atoms with Gasteiger partial charge in [0, 0.05) is 11.1 Å². The number of nitrogens with zero attached hydrogens (tertiary/aromatic N) is 1. The van der Waals surface area contributed by atoms with Gasteiger partial charge in [-0.3, -0.25) is 0 Å². The fourth-order valence-electron chi connectivity index (χ4n) is 5.25. The van der Waals surface area contributed by atoms with E-state index in [0.29, 0.717) is 0 Å². The molecule has 0 amide bonds. The Kier molecular flexibility index (Phi) is 3.75. The van der Waals surface area contributed by atoms with Gasteiger partial charge >= 0.3 is 0 Å². The van der Waals surface area contributed by atoms with Crippen LogP contribution in [0.1, 0.15) is 55.6 Å². The highest BCUT2D eigenvalue weighted by Gasteiger charge is 2.42. The maximum absolute atomic E-state index is 6.20. The minimum atomic E-state index is 0.721. The van der Waals surface area contributed by atoms with Gasteiger partial charge in [0.25, 0.3) is 0 Å². The Bertz CT molecular complexity index is 518. The zero-order valence-corrected chi connectivity index (χ0v) is 13.8. The molecule has 1 saturated heterocycles. The van der Waals surface area contributed by atoms with E-state index in [1.165, 1.54) is 62.7 Å². The first-order chi connectivity index (χ1) is 10.2. The van der Waals surface area contributed by atoms with Crippen LogP contribution < -0.4 is 0 Å². The second-order valence-corrected chi connectivity index (χ2v) is 7.99. The molecule has 1 aromatic carbocycles. The number of benzene rings is 1. The molecule has 0 aromatic heterocycles. The molecule has 1 aliphatic heterocycles. The van der Waals surface area contributed by atoms with E-state index in [9.17, 15) is 0 Å². The number of aryl methyl sites for hydroxylation is 1. The Morgan fingerprint density at radius 1 is 1.05 bits per heavy atom. The molecule has 0 N–H and O–H groups in total. The average Bonchev–Trinajstić information content (AvgIpc) is 3.13. The first-order valence-electron chi connectivity index (χ1n) is 8.71. The first kappa shape index (κ1) is 14.1. The third-order valence-electron chi connectivity index (χ3n) is 6.38. The molecule has 21 heavy (non-hydrogen) atoms. The van der Waals surface area contributed by atoms with E-state index >= 15 is 0 Å². The standard InChI is InChI=1S/C19H26ClN/c1-13-2-5-17(20)12-18(13)15-6-8-21(9-7-15)19-11-14-3-4-16(19)10-14/h2,5,12,14-16,19H,3-4,6-11H2,1H3/t14-,16-,19-/m0/s1. The van der Waals surface area contributed by atoms with Crippen molar-refractivity contribution in [1.82, 2.24) is 4.90 Å². The van der Waals surface area contributed by atoms with Gasteiger partial charge in [0.1, 0.15) is 0 Å². The zero-order chi connectivity index (χ0) is 14.4. The highest BCUT2D eigenvalue weighted by molar-refractivity contribution is 6.30. The maximum atomic E-state index is 6.20. The van der Waals surface area contributed by atoms with Crippen molar-refractivity contribution in [1.29, 1.82) is 0 Å². The lowest BCUT2D eigenvalue weighted by Gasteiger charge is -2.40. The molecule has 0 radical (unpaired) electrons. The molecule has 1 heterocycles. The largest absolute Gasteiger partial charge is 0.300 e. The molecule has 1 aromatic rings. The van der Waals surface area contributed by atoms with Crippen molar-refractivity contribution in [2.45, 2.75) is 57.4 Å². The van der Waals surface area contributed by atoms with Crippen LogP contribution in [-0.4, -0.2) is 24.0 Å². The lowest BCUT2D eigenvalue weighted by molar-refractivity contribution is 0.110. The first-order valence-corrected chi connectivity index (χ1v) is 9.08. The summed E-state index contributed by atoms with van der Waals surface area (Å²) in [6, 6.07) is 7.32. The second kappa shape index (κ2) is 5.59. The summed E-state index contributed by atoms with van der Waals surface area (Å²) in [5, 5.41) is 0.895. The van der Waals surface area contributed by atoms with E-state index in [4.69, 9.17) is 11.6 Å². The van der Waals surface area contributed by atoms with E-state index in [2.05, 4.69) is 24.0 Å². The summed E-state index contributed by atoms with van der Waals surface area (Å²) in [5.41, 5.74) is 2.91. The molecule has 3 aliphatic rings. The van der Waals surface area contributed by atoms with Crippen molar-refractivity contribution in [2.24, 2.45) is 11.8 Å². The van der Waals surface area contributed by atoms with Crippen LogP contribution >= 0.6 is 11.6 Å². The van der Waals surface area contributed by atoms with E-state index in [1.807, 2.05) is 6.07 Å². The predicted octanol–water partition coefficient (Wildman–Crippen LogP) is 5.02. The Hall–Kier alpha value is -0.530. The summed E-state index contributed by atoms with van der Waals surface area (Å²) in [4.78, 5) is 2.82. The van der Waals surface area contributed by atoms with Crippen molar-refractivity contribution in [3.8, 4) is 0 Å². The van der Waals surface area contributed by atoms with Crippen LogP contribution in [0.25, 0.3) is 0 Å². The van der Waals surface area contributed by atoms with Crippen LogP contribution in [0.5, 0.6) is 0 Å². The molecule has 3 atom stereocenters. The Labute approximate surface area is 133 Å². The lowest BCUT2D eigenvalue weighted by atomic mass is 9.85. The highest BCUT2D eigenvalue weighted by Crippen LogP contribution is 2.47. The average molecular weight is 304 g/mol. The molecule has 0 spiro atoms. The van der Waals surface area contributed by atoms with Gasteiger partial charge in [-0.15, -0.1) is 0 Å². The third-order valence-corrected chi connectivity index (χ3v) is 6.62. The number of halogens is 1. The predicted molar refractivity (Wildman–Crippen MR) is 89.0 cm³/mol. The van der Waals surface area contributed by atoms with Gasteiger partial charge < -0.3 is 4.90 Å². The van der Waals surface area contributed by atoms with Gasteiger partial charge in [-0.05, 0) is 93.1 Å². The Balaban J connectivity index is 1.41. The number of likely N-dealkylation sites (tertiary alicyclic amines) is 1. The quantitative estimate of drug-likeness (QED) is 0.742. The molecule has 114 valence electrons. The van der Waals surface area contributed by atoms with Crippen LogP contribution in [0.2, 0.25) is 5.02 Å². The number of rotatable bonds is 2. The van der Waals surface area contributed by atoms with Crippen molar-refractivity contribution in [3.05, 3.63) is 34.3 Å². The van der Waals surface area contributed by atoms with Crippen molar-refractivity contribution in [3.63, 3.8) is 0 Å². The number of hydrogen-bond donors (Lipinski definition) is 0. The summed E-state index contributed by atoms with van der Waals surface area (Å²) in [5.74, 6) is 2.81. The van der Waals surface area contributed by atoms with Crippen LogP contribution in [0, 0.1) is 18.8 Å². The Morgan fingerprint density at radius 2 is 1.86 bits per heavy atom.